The highest BCUT2D eigenvalue weighted by Crippen LogP contribution is 2.29. The quantitative estimate of drug-likeness (QED) is 0.760. The average molecular weight is 266 g/mol. The molecule has 1 aromatic heterocycles. The standard InChI is InChI=1S/C15H26N2S/c1-15(2,3)16-9-5-10-17(13-7-8-13)12-14-6-4-11-18-14/h4,6,11,13,16H,5,7-10,12H2,1-3H3. The van der Waals surface area contributed by atoms with Crippen molar-refractivity contribution >= 4 is 11.3 Å². The molecule has 2 rings (SSSR count). The van der Waals surface area contributed by atoms with E-state index >= 15 is 0 Å². The summed E-state index contributed by atoms with van der Waals surface area (Å²) in [5.74, 6) is 0. The van der Waals surface area contributed by atoms with Crippen LogP contribution in [0.5, 0.6) is 0 Å². The zero-order valence-electron chi connectivity index (χ0n) is 11.9. The summed E-state index contributed by atoms with van der Waals surface area (Å²) in [4.78, 5) is 4.17. The Labute approximate surface area is 115 Å². The van der Waals surface area contributed by atoms with Crippen molar-refractivity contribution in [1.29, 1.82) is 0 Å². The van der Waals surface area contributed by atoms with Crippen molar-refractivity contribution in [1.82, 2.24) is 10.2 Å². The minimum absolute atomic E-state index is 0.248. The van der Waals surface area contributed by atoms with Crippen LogP contribution in [-0.4, -0.2) is 29.6 Å². The van der Waals surface area contributed by atoms with Crippen LogP contribution in [0.15, 0.2) is 17.5 Å². The average Bonchev–Trinajstić information content (AvgIpc) is 3.00. The van der Waals surface area contributed by atoms with Crippen molar-refractivity contribution in [2.45, 2.75) is 58.2 Å². The van der Waals surface area contributed by atoms with Crippen LogP contribution in [0.3, 0.4) is 0 Å². The predicted molar refractivity (Wildman–Crippen MR) is 80.1 cm³/mol. The second-order valence-corrected chi connectivity index (χ2v) is 7.34. The van der Waals surface area contributed by atoms with E-state index in [9.17, 15) is 0 Å². The number of rotatable bonds is 7. The largest absolute Gasteiger partial charge is 0.312 e. The SMILES string of the molecule is CC(C)(C)NCCCN(Cc1cccs1)C1CC1. The van der Waals surface area contributed by atoms with E-state index in [0.29, 0.717) is 0 Å². The second-order valence-electron chi connectivity index (χ2n) is 6.31. The Hall–Kier alpha value is -0.380. The summed E-state index contributed by atoms with van der Waals surface area (Å²) >= 11 is 1.88. The van der Waals surface area contributed by atoms with Gasteiger partial charge in [0, 0.05) is 29.5 Å². The van der Waals surface area contributed by atoms with Gasteiger partial charge in [0.2, 0.25) is 0 Å². The minimum atomic E-state index is 0.248. The van der Waals surface area contributed by atoms with Gasteiger partial charge in [-0.1, -0.05) is 6.07 Å². The molecule has 3 heteroatoms. The summed E-state index contributed by atoms with van der Waals surface area (Å²) < 4.78 is 0. The van der Waals surface area contributed by atoms with E-state index in [0.717, 1.165) is 19.1 Å². The molecule has 1 fully saturated rings. The first-order valence-electron chi connectivity index (χ1n) is 7.06. The molecule has 0 amide bonds. The van der Waals surface area contributed by atoms with Crippen molar-refractivity contribution in [2.75, 3.05) is 13.1 Å². The van der Waals surface area contributed by atoms with Crippen molar-refractivity contribution in [2.24, 2.45) is 0 Å². The van der Waals surface area contributed by atoms with Crippen LogP contribution >= 0.6 is 11.3 Å². The predicted octanol–water partition coefficient (Wildman–Crippen LogP) is 3.49. The van der Waals surface area contributed by atoms with Crippen LogP contribution in [0.2, 0.25) is 0 Å². The zero-order valence-corrected chi connectivity index (χ0v) is 12.7. The smallest absolute Gasteiger partial charge is 0.0330 e. The third-order valence-corrected chi connectivity index (χ3v) is 4.14. The van der Waals surface area contributed by atoms with E-state index in [1.807, 2.05) is 11.3 Å². The number of hydrogen-bond acceptors (Lipinski definition) is 3. The van der Waals surface area contributed by atoms with Crippen LogP contribution in [-0.2, 0) is 6.54 Å². The molecule has 18 heavy (non-hydrogen) atoms. The number of hydrogen-bond donors (Lipinski definition) is 1. The van der Waals surface area contributed by atoms with Gasteiger partial charge < -0.3 is 5.32 Å². The molecule has 0 bridgehead atoms. The van der Waals surface area contributed by atoms with Crippen LogP contribution in [0.4, 0.5) is 0 Å². The maximum absolute atomic E-state index is 3.57. The molecule has 0 atom stereocenters. The van der Waals surface area contributed by atoms with E-state index in [-0.39, 0.29) is 5.54 Å². The van der Waals surface area contributed by atoms with Crippen LogP contribution in [0, 0.1) is 0 Å². The van der Waals surface area contributed by atoms with Crippen molar-refractivity contribution in [3.63, 3.8) is 0 Å². The van der Waals surface area contributed by atoms with Gasteiger partial charge in [0.05, 0.1) is 0 Å². The molecule has 1 aliphatic rings. The molecule has 0 unspecified atom stereocenters. The fraction of sp³-hybridized carbons (Fsp3) is 0.733. The molecule has 102 valence electrons. The highest BCUT2D eigenvalue weighted by Gasteiger charge is 2.28. The van der Waals surface area contributed by atoms with Gasteiger partial charge in [-0.25, -0.2) is 0 Å². The maximum Gasteiger partial charge on any atom is 0.0330 e. The van der Waals surface area contributed by atoms with E-state index in [1.165, 1.54) is 30.7 Å². The Morgan fingerprint density at radius 3 is 2.72 bits per heavy atom. The van der Waals surface area contributed by atoms with Gasteiger partial charge in [0.15, 0.2) is 0 Å². The Morgan fingerprint density at radius 1 is 1.39 bits per heavy atom. The van der Waals surface area contributed by atoms with Gasteiger partial charge in [-0.05, 0) is 58.0 Å². The fourth-order valence-corrected chi connectivity index (χ4v) is 2.91. The molecule has 0 radical (unpaired) electrons. The van der Waals surface area contributed by atoms with Crippen LogP contribution < -0.4 is 5.32 Å². The van der Waals surface area contributed by atoms with Gasteiger partial charge in [0.1, 0.15) is 0 Å². The first-order valence-corrected chi connectivity index (χ1v) is 7.94. The Morgan fingerprint density at radius 2 is 2.17 bits per heavy atom. The summed E-state index contributed by atoms with van der Waals surface area (Å²) in [6, 6.07) is 5.28. The summed E-state index contributed by atoms with van der Waals surface area (Å²) in [6.45, 7) is 10.2. The molecule has 1 N–H and O–H groups in total. The Bertz CT molecular complexity index is 336. The Balaban J connectivity index is 1.70. The zero-order chi connectivity index (χ0) is 13.0. The van der Waals surface area contributed by atoms with E-state index < -0.39 is 0 Å². The lowest BCUT2D eigenvalue weighted by Crippen LogP contribution is -2.38. The van der Waals surface area contributed by atoms with E-state index in [1.54, 1.807) is 0 Å². The minimum Gasteiger partial charge on any atom is -0.312 e. The molecule has 2 nitrogen and oxygen atoms in total. The lowest BCUT2D eigenvalue weighted by atomic mass is 10.1. The molecule has 1 aliphatic carbocycles. The molecule has 0 aromatic carbocycles. The highest BCUT2D eigenvalue weighted by molar-refractivity contribution is 7.09. The third kappa shape index (κ3) is 5.09. The van der Waals surface area contributed by atoms with Crippen molar-refractivity contribution < 1.29 is 0 Å². The second kappa shape index (κ2) is 6.18. The van der Waals surface area contributed by atoms with Crippen LogP contribution in [0.1, 0.15) is 44.9 Å². The van der Waals surface area contributed by atoms with Gasteiger partial charge in [-0.3, -0.25) is 4.90 Å². The summed E-state index contributed by atoms with van der Waals surface area (Å²) in [5.41, 5.74) is 0.248. The Kier molecular flexibility index (Phi) is 4.82. The first kappa shape index (κ1) is 14.0. The topological polar surface area (TPSA) is 15.3 Å². The van der Waals surface area contributed by atoms with Crippen LogP contribution in [0.25, 0.3) is 0 Å². The first-order chi connectivity index (χ1) is 8.54. The summed E-state index contributed by atoms with van der Waals surface area (Å²) in [6.07, 6.45) is 4.05. The molecule has 1 heterocycles. The fourth-order valence-electron chi connectivity index (χ4n) is 2.18. The van der Waals surface area contributed by atoms with E-state index in [4.69, 9.17) is 0 Å². The van der Waals surface area contributed by atoms with Gasteiger partial charge in [-0.15, -0.1) is 11.3 Å². The van der Waals surface area contributed by atoms with Gasteiger partial charge in [-0.2, -0.15) is 0 Å². The molecule has 0 spiro atoms. The van der Waals surface area contributed by atoms with E-state index in [2.05, 4.69) is 48.5 Å². The lowest BCUT2D eigenvalue weighted by Gasteiger charge is -2.24. The summed E-state index contributed by atoms with van der Waals surface area (Å²) in [5, 5.41) is 5.75. The number of thiophene rings is 1. The van der Waals surface area contributed by atoms with Gasteiger partial charge >= 0.3 is 0 Å². The lowest BCUT2D eigenvalue weighted by molar-refractivity contribution is 0.248. The highest BCUT2D eigenvalue weighted by atomic mass is 32.1. The monoisotopic (exact) mass is 266 g/mol. The maximum atomic E-state index is 3.57. The normalized spacial score (nSPS) is 16.4. The third-order valence-electron chi connectivity index (χ3n) is 3.28. The van der Waals surface area contributed by atoms with Gasteiger partial charge in [0.25, 0.3) is 0 Å². The molecule has 1 saturated carbocycles. The molecule has 0 aliphatic heterocycles. The molecule has 0 saturated heterocycles. The molecular formula is C15H26N2S. The molecule has 1 aromatic rings. The number of nitrogens with one attached hydrogen (secondary N) is 1. The number of nitrogens with zero attached hydrogens (tertiary/aromatic N) is 1. The van der Waals surface area contributed by atoms with Crippen molar-refractivity contribution in [3.05, 3.63) is 22.4 Å². The van der Waals surface area contributed by atoms with Crippen molar-refractivity contribution in [3.8, 4) is 0 Å². The summed E-state index contributed by atoms with van der Waals surface area (Å²) in [7, 11) is 0. The molecular weight excluding hydrogens is 240 g/mol.